The van der Waals surface area contributed by atoms with Crippen molar-refractivity contribution < 1.29 is 13.9 Å². The molecule has 118 valence electrons. The number of rotatable bonds is 4. The first kappa shape index (κ1) is 16.3. The van der Waals surface area contributed by atoms with E-state index in [0.717, 1.165) is 11.3 Å². The molecule has 1 aromatic heterocycles. The van der Waals surface area contributed by atoms with Gasteiger partial charge in [0, 0.05) is 5.69 Å². The van der Waals surface area contributed by atoms with Crippen LogP contribution in [-0.2, 0) is 0 Å². The molecule has 0 aliphatic heterocycles. The zero-order valence-electron chi connectivity index (χ0n) is 12.8. The number of ether oxygens (including phenoxy) is 1. The van der Waals surface area contributed by atoms with E-state index in [4.69, 9.17) is 16.9 Å². The first-order valence-electron chi connectivity index (χ1n) is 6.84. The van der Waals surface area contributed by atoms with Crippen molar-refractivity contribution in [3.8, 4) is 18.1 Å². The van der Waals surface area contributed by atoms with Crippen LogP contribution in [0.25, 0.3) is 0 Å². The molecule has 6 heteroatoms. The van der Waals surface area contributed by atoms with Gasteiger partial charge in [-0.2, -0.15) is 0 Å². The van der Waals surface area contributed by atoms with Gasteiger partial charge in [-0.05, 0) is 37.6 Å². The van der Waals surface area contributed by atoms with Crippen LogP contribution in [0.15, 0.2) is 24.3 Å². The molecule has 1 heterocycles. The molecular weight excluding hydrogens is 297 g/mol. The molecule has 1 amide bonds. The minimum atomic E-state index is -0.702. The number of aryl methyl sites for hydroxylation is 2. The number of terminal acetylenes is 1. The minimum Gasteiger partial charge on any atom is -0.478 e. The number of aromatic nitrogens is 1. The number of amides is 1. The molecule has 0 aliphatic rings. The Kier molecular flexibility index (Phi) is 4.82. The predicted octanol–water partition coefficient (Wildman–Crippen LogP) is 2.68. The lowest BCUT2D eigenvalue weighted by atomic mass is 10.1. The molecule has 3 N–H and O–H groups in total. The van der Waals surface area contributed by atoms with Crippen molar-refractivity contribution in [3.63, 3.8) is 0 Å². The van der Waals surface area contributed by atoms with Gasteiger partial charge < -0.3 is 15.8 Å². The summed E-state index contributed by atoms with van der Waals surface area (Å²) >= 11 is 0. The average Bonchev–Trinajstić information content (AvgIpc) is 2.51. The Morgan fingerprint density at radius 2 is 2.22 bits per heavy atom. The van der Waals surface area contributed by atoms with Crippen LogP contribution >= 0.6 is 0 Å². The highest BCUT2D eigenvalue weighted by atomic mass is 19.1. The Hall–Kier alpha value is -3.07. The third-order valence-electron chi connectivity index (χ3n) is 3.26. The Morgan fingerprint density at radius 1 is 1.48 bits per heavy atom. The molecule has 0 aliphatic carbocycles. The van der Waals surface area contributed by atoms with Crippen LogP contribution in [-0.4, -0.2) is 17.5 Å². The fraction of sp³-hybridized carbons (Fsp3) is 0.176. The summed E-state index contributed by atoms with van der Waals surface area (Å²) in [5.41, 5.74) is 7.47. The molecule has 2 rings (SSSR count). The molecule has 0 bridgehead atoms. The lowest BCUT2D eigenvalue weighted by Gasteiger charge is -2.11. The van der Waals surface area contributed by atoms with E-state index in [1.54, 1.807) is 19.1 Å². The molecule has 0 radical (unpaired) electrons. The van der Waals surface area contributed by atoms with Gasteiger partial charge in [0.1, 0.15) is 12.4 Å². The Bertz CT molecular complexity index is 797. The smallest absolute Gasteiger partial charge is 0.259 e. The zero-order chi connectivity index (χ0) is 17.0. The van der Waals surface area contributed by atoms with Gasteiger partial charge in [-0.3, -0.25) is 4.79 Å². The van der Waals surface area contributed by atoms with Crippen molar-refractivity contribution in [3.05, 3.63) is 46.9 Å². The van der Waals surface area contributed by atoms with E-state index < -0.39 is 11.7 Å². The lowest BCUT2D eigenvalue weighted by molar-refractivity contribution is 0.102. The van der Waals surface area contributed by atoms with Gasteiger partial charge in [0.05, 0.1) is 11.3 Å². The van der Waals surface area contributed by atoms with Gasteiger partial charge in [0.2, 0.25) is 0 Å². The second-order valence-electron chi connectivity index (χ2n) is 4.89. The normalized spacial score (nSPS) is 10.0. The fourth-order valence-electron chi connectivity index (χ4n) is 1.93. The fourth-order valence-corrected chi connectivity index (χ4v) is 1.93. The van der Waals surface area contributed by atoms with E-state index in [-0.39, 0.29) is 29.4 Å². The predicted molar refractivity (Wildman–Crippen MR) is 86.8 cm³/mol. The van der Waals surface area contributed by atoms with E-state index in [1.165, 1.54) is 12.1 Å². The lowest BCUT2D eigenvalue weighted by Crippen LogP contribution is -2.17. The number of benzene rings is 1. The van der Waals surface area contributed by atoms with Crippen molar-refractivity contribution in [2.24, 2.45) is 0 Å². The maximum atomic E-state index is 14.3. The van der Waals surface area contributed by atoms with E-state index in [2.05, 4.69) is 16.2 Å². The van der Waals surface area contributed by atoms with Crippen molar-refractivity contribution >= 4 is 17.4 Å². The standard InChI is InChI=1S/C17H16FN3O2/c1-4-8-23-14-7-5-6-13(15(14)18)21-17(22)12-9-10(2)11(3)20-16(12)19/h1,5-7,9H,8H2,2-3H3,(H2,19,20)(H,21,22). The largest absolute Gasteiger partial charge is 0.478 e. The molecule has 23 heavy (non-hydrogen) atoms. The number of anilines is 2. The van der Waals surface area contributed by atoms with Gasteiger partial charge in [-0.25, -0.2) is 9.37 Å². The topological polar surface area (TPSA) is 77.2 Å². The summed E-state index contributed by atoms with van der Waals surface area (Å²) in [4.78, 5) is 16.4. The van der Waals surface area contributed by atoms with E-state index >= 15 is 0 Å². The summed E-state index contributed by atoms with van der Waals surface area (Å²) in [6.45, 7) is 3.54. The first-order valence-corrected chi connectivity index (χ1v) is 6.84. The molecular formula is C17H16FN3O2. The molecule has 0 saturated heterocycles. The van der Waals surface area contributed by atoms with E-state index in [1.807, 2.05) is 6.92 Å². The zero-order valence-corrected chi connectivity index (χ0v) is 12.8. The van der Waals surface area contributed by atoms with Crippen molar-refractivity contribution in [1.82, 2.24) is 4.98 Å². The number of nitrogen functional groups attached to an aromatic ring is 1. The summed E-state index contributed by atoms with van der Waals surface area (Å²) < 4.78 is 19.3. The number of carbonyl (C=O) groups is 1. The monoisotopic (exact) mass is 313 g/mol. The molecule has 0 fully saturated rings. The number of hydrogen-bond acceptors (Lipinski definition) is 4. The number of halogens is 1. The molecule has 0 spiro atoms. The van der Waals surface area contributed by atoms with Crippen LogP contribution in [0.3, 0.4) is 0 Å². The minimum absolute atomic E-state index is 0.0258. The quantitative estimate of drug-likeness (QED) is 0.851. The van der Waals surface area contributed by atoms with Crippen molar-refractivity contribution in [1.29, 1.82) is 0 Å². The maximum Gasteiger partial charge on any atom is 0.259 e. The highest BCUT2D eigenvalue weighted by molar-refractivity contribution is 6.07. The van der Waals surface area contributed by atoms with Gasteiger partial charge in [-0.15, -0.1) is 6.42 Å². The SMILES string of the molecule is C#CCOc1cccc(NC(=O)c2cc(C)c(C)nc2N)c1F. The van der Waals surface area contributed by atoms with Crippen molar-refractivity contribution in [2.75, 3.05) is 17.7 Å². The van der Waals surface area contributed by atoms with Crippen LogP contribution in [0.4, 0.5) is 15.9 Å². The third kappa shape index (κ3) is 3.58. The number of nitrogens with one attached hydrogen (secondary N) is 1. The molecule has 5 nitrogen and oxygen atoms in total. The number of nitrogens with two attached hydrogens (primary N) is 1. The van der Waals surface area contributed by atoms with Gasteiger partial charge >= 0.3 is 0 Å². The molecule has 2 aromatic rings. The Labute approximate surface area is 133 Å². The van der Waals surface area contributed by atoms with Gasteiger partial charge in [0.25, 0.3) is 5.91 Å². The summed E-state index contributed by atoms with van der Waals surface area (Å²) in [6.07, 6.45) is 5.08. The summed E-state index contributed by atoms with van der Waals surface area (Å²) in [5, 5.41) is 2.47. The number of pyridine rings is 1. The number of carbonyl (C=O) groups excluding carboxylic acids is 1. The summed E-state index contributed by atoms with van der Waals surface area (Å²) in [7, 11) is 0. The summed E-state index contributed by atoms with van der Waals surface area (Å²) in [5.74, 6) is 1.05. The maximum absolute atomic E-state index is 14.3. The van der Waals surface area contributed by atoms with Crippen LogP contribution < -0.4 is 15.8 Å². The number of nitrogens with zero attached hydrogens (tertiary/aromatic N) is 1. The van der Waals surface area contributed by atoms with E-state index in [0.29, 0.717) is 0 Å². The van der Waals surface area contributed by atoms with Crippen LogP contribution in [0.2, 0.25) is 0 Å². The Morgan fingerprint density at radius 3 is 2.91 bits per heavy atom. The van der Waals surface area contributed by atoms with Crippen LogP contribution in [0, 0.1) is 32.0 Å². The molecule has 0 atom stereocenters. The van der Waals surface area contributed by atoms with Gasteiger partial charge in [-0.1, -0.05) is 12.0 Å². The van der Waals surface area contributed by atoms with Crippen LogP contribution in [0.5, 0.6) is 5.75 Å². The third-order valence-corrected chi connectivity index (χ3v) is 3.26. The first-order chi connectivity index (χ1) is 10.9. The summed E-state index contributed by atoms with van der Waals surface area (Å²) in [6, 6.07) is 6.01. The molecule has 0 saturated carbocycles. The number of hydrogen-bond donors (Lipinski definition) is 2. The molecule has 1 aromatic carbocycles. The van der Waals surface area contributed by atoms with E-state index in [9.17, 15) is 9.18 Å². The second-order valence-corrected chi connectivity index (χ2v) is 4.89. The van der Waals surface area contributed by atoms with Crippen molar-refractivity contribution in [2.45, 2.75) is 13.8 Å². The van der Waals surface area contributed by atoms with Gasteiger partial charge in [0.15, 0.2) is 11.6 Å². The average molecular weight is 313 g/mol. The molecule has 0 unspecified atom stereocenters. The highest BCUT2D eigenvalue weighted by Crippen LogP contribution is 2.25. The van der Waals surface area contributed by atoms with Crippen LogP contribution in [0.1, 0.15) is 21.6 Å². The Balaban J connectivity index is 2.28. The second kappa shape index (κ2) is 6.79. The highest BCUT2D eigenvalue weighted by Gasteiger charge is 2.16.